The molecule has 4 nitrogen and oxygen atoms in total. The minimum Gasteiger partial charge on any atom is -0.465 e. The van der Waals surface area contributed by atoms with Crippen molar-refractivity contribution < 1.29 is 9.53 Å². The van der Waals surface area contributed by atoms with Crippen LogP contribution < -0.4 is 5.56 Å². The molecule has 1 atom stereocenters. The third-order valence-corrected chi connectivity index (χ3v) is 3.15. The van der Waals surface area contributed by atoms with Crippen LogP contribution >= 0.6 is 0 Å². The van der Waals surface area contributed by atoms with E-state index in [9.17, 15) is 9.59 Å². The molecule has 0 spiro atoms. The number of carbonyl (C=O) groups is 1. The number of pyridine rings is 1. The minimum absolute atomic E-state index is 0.267. The lowest BCUT2D eigenvalue weighted by Gasteiger charge is -2.13. The molecule has 4 heteroatoms. The highest BCUT2D eigenvalue weighted by Crippen LogP contribution is 2.14. The van der Waals surface area contributed by atoms with Crippen LogP contribution in [0.3, 0.4) is 0 Å². The van der Waals surface area contributed by atoms with E-state index >= 15 is 0 Å². The predicted octanol–water partition coefficient (Wildman–Crippen LogP) is 2.37. The zero-order valence-corrected chi connectivity index (χ0v) is 12.6. The summed E-state index contributed by atoms with van der Waals surface area (Å²) >= 11 is 0. The van der Waals surface area contributed by atoms with Gasteiger partial charge in [0.2, 0.25) is 0 Å². The summed E-state index contributed by atoms with van der Waals surface area (Å²) in [7, 11) is 0. The number of aromatic nitrogens is 1. The van der Waals surface area contributed by atoms with E-state index in [2.05, 4.69) is 12.0 Å². The Bertz CT molecular complexity index is 766. The van der Waals surface area contributed by atoms with Gasteiger partial charge >= 0.3 is 5.97 Å². The highest BCUT2D eigenvalue weighted by molar-refractivity contribution is 5.77. The number of hydrogen-bond donors (Lipinski definition) is 0. The number of esters is 1. The SMILES string of the molecule is CCOC(=O)C(C)c1cccc(=O)n1C#Cc1ccccc1. The second kappa shape index (κ2) is 7.28. The largest absolute Gasteiger partial charge is 0.465 e. The maximum Gasteiger partial charge on any atom is 0.314 e. The number of hydrogen-bond acceptors (Lipinski definition) is 3. The van der Waals surface area contributed by atoms with Crippen LogP contribution in [-0.4, -0.2) is 17.1 Å². The van der Waals surface area contributed by atoms with Crippen molar-refractivity contribution in [1.29, 1.82) is 0 Å². The Morgan fingerprint density at radius 2 is 1.91 bits per heavy atom. The number of nitrogens with zero attached hydrogens (tertiary/aromatic N) is 1. The Morgan fingerprint density at radius 1 is 1.18 bits per heavy atom. The molecule has 1 heterocycles. The molecule has 1 aromatic heterocycles. The van der Waals surface area contributed by atoms with Crippen molar-refractivity contribution in [1.82, 2.24) is 4.57 Å². The van der Waals surface area contributed by atoms with Crippen LogP contribution in [0.2, 0.25) is 0 Å². The van der Waals surface area contributed by atoms with E-state index in [1.165, 1.54) is 10.6 Å². The Kier molecular flexibility index (Phi) is 5.16. The van der Waals surface area contributed by atoms with Gasteiger partial charge in [0.05, 0.1) is 12.5 Å². The number of rotatable bonds is 3. The van der Waals surface area contributed by atoms with Gasteiger partial charge in [-0.25, -0.2) is 4.57 Å². The van der Waals surface area contributed by atoms with Crippen molar-refractivity contribution >= 4 is 5.97 Å². The van der Waals surface area contributed by atoms with E-state index in [4.69, 9.17) is 4.74 Å². The van der Waals surface area contributed by atoms with Crippen LogP contribution in [0.15, 0.2) is 53.3 Å². The molecule has 0 bridgehead atoms. The van der Waals surface area contributed by atoms with Crippen LogP contribution in [-0.2, 0) is 9.53 Å². The van der Waals surface area contributed by atoms with Gasteiger partial charge in [-0.3, -0.25) is 9.59 Å². The first-order valence-corrected chi connectivity index (χ1v) is 7.09. The van der Waals surface area contributed by atoms with Gasteiger partial charge in [-0.05, 0) is 38.0 Å². The molecule has 1 aromatic carbocycles. The molecule has 0 saturated heterocycles. The van der Waals surface area contributed by atoms with Crippen molar-refractivity contribution in [2.24, 2.45) is 0 Å². The molecule has 0 aliphatic heterocycles. The van der Waals surface area contributed by atoms with Crippen LogP contribution in [0.1, 0.15) is 31.0 Å². The van der Waals surface area contributed by atoms with Gasteiger partial charge in [-0.1, -0.05) is 24.3 Å². The van der Waals surface area contributed by atoms with Crippen molar-refractivity contribution in [2.75, 3.05) is 6.61 Å². The number of carbonyl (C=O) groups excluding carboxylic acids is 1. The Hall–Kier alpha value is -2.80. The predicted molar refractivity (Wildman–Crippen MR) is 84.5 cm³/mol. The minimum atomic E-state index is -0.557. The van der Waals surface area contributed by atoms with Gasteiger partial charge in [-0.15, -0.1) is 0 Å². The van der Waals surface area contributed by atoms with Crippen LogP contribution in [0.5, 0.6) is 0 Å². The molecule has 2 aromatic rings. The molecule has 2 rings (SSSR count). The topological polar surface area (TPSA) is 48.3 Å². The molecule has 1 unspecified atom stereocenters. The van der Waals surface area contributed by atoms with Crippen molar-refractivity contribution in [3.63, 3.8) is 0 Å². The Labute approximate surface area is 129 Å². The smallest absolute Gasteiger partial charge is 0.314 e. The van der Waals surface area contributed by atoms with Gasteiger partial charge in [0.1, 0.15) is 0 Å². The summed E-state index contributed by atoms with van der Waals surface area (Å²) in [5, 5.41) is 0. The molecule has 0 saturated carbocycles. The normalized spacial score (nSPS) is 11.2. The molecule has 0 fully saturated rings. The van der Waals surface area contributed by atoms with E-state index in [0.29, 0.717) is 12.3 Å². The molecule has 0 aliphatic rings. The lowest BCUT2D eigenvalue weighted by molar-refractivity contribution is -0.144. The fourth-order valence-corrected chi connectivity index (χ4v) is 1.99. The zero-order valence-electron chi connectivity index (χ0n) is 12.6. The Balaban J connectivity index is 2.42. The lowest BCUT2D eigenvalue weighted by atomic mass is 10.1. The lowest BCUT2D eigenvalue weighted by Crippen LogP contribution is -2.24. The summed E-state index contributed by atoms with van der Waals surface area (Å²) in [4.78, 5) is 23.9. The molecule has 112 valence electrons. The molecule has 0 N–H and O–H groups in total. The second-order valence-corrected chi connectivity index (χ2v) is 4.70. The van der Waals surface area contributed by atoms with Crippen LogP contribution in [0.4, 0.5) is 0 Å². The standard InChI is InChI=1S/C18H17NO3/c1-3-22-18(21)14(2)16-10-7-11-17(20)19(16)13-12-15-8-5-4-6-9-15/h4-11,14H,3H2,1-2H3. The van der Waals surface area contributed by atoms with Gasteiger partial charge in [0.25, 0.3) is 5.56 Å². The third kappa shape index (κ3) is 3.64. The van der Waals surface area contributed by atoms with E-state index in [0.717, 1.165) is 5.56 Å². The van der Waals surface area contributed by atoms with Gasteiger partial charge in [0.15, 0.2) is 0 Å². The second-order valence-electron chi connectivity index (χ2n) is 4.70. The van der Waals surface area contributed by atoms with Gasteiger partial charge < -0.3 is 4.74 Å². The van der Waals surface area contributed by atoms with Gasteiger partial charge in [-0.2, -0.15) is 0 Å². The van der Waals surface area contributed by atoms with Crippen molar-refractivity contribution in [3.8, 4) is 12.0 Å². The first-order chi connectivity index (χ1) is 10.6. The van der Waals surface area contributed by atoms with E-state index in [1.807, 2.05) is 30.3 Å². The van der Waals surface area contributed by atoms with E-state index in [-0.39, 0.29) is 11.5 Å². The van der Waals surface area contributed by atoms with Crippen LogP contribution in [0, 0.1) is 12.0 Å². The fourth-order valence-electron chi connectivity index (χ4n) is 1.99. The molecular weight excluding hydrogens is 278 g/mol. The monoisotopic (exact) mass is 295 g/mol. The zero-order chi connectivity index (χ0) is 15.9. The summed E-state index contributed by atoms with van der Waals surface area (Å²) in [5.74, 6) is 2.00. The molecule has 22 heavy (non-hydrogen) atoms. The molecule has 0 aliphatic carbocycles. The van der Waals surface area contributed by atoms with Crippen molar-refractivity contribution in [2.45, 2.75) is 19.8 Å². The van der Waals surface area contributed by atoms with E-state index < -0.39 is 5.92 Å². The summed E-state index contributed by atoms with van der Waals surface area (Å²) in [5.41, 5.74) is 1.06. The quantitative estimate of drug-likeness (QED) is 0.645. The summed E-state index contributed by atoms with van der Waals surface area (Å²) < 4.78 is 6.31. The average Bonchev–Trinajstić information content (AvgIpc) is 2.54. The fraction of sp³-hybridized carbons (Fsp3) is 0.222. The third-order valence-electron chi connectivity index (χ3n) is 3.15. The summed E-state index contributed by atoms with van der Waals surface area (Å²) in [6, 6.07) is 16.9. The van der Waals surface area contributed by atoms with Crippen LogP contribution in [0.25, 0.3) is 0 Å². The molecule has 0 amide bonds. The number of ether oxygens (including phenoxy) is 1. The van der Waals surface area contributed by atoms with E-state index in [1.54, 1.807) is 26.0 Å². The maximum atomic E-state index is 12.1. The molecular formula is C18H17NO3. The molecule has 0 radical (unpaired) electrons. The average molecular weight is 295 g/mol. The first kappa shape index (κ1) is 15.6. The first-order valence-electron chi connectivity index (χ1n) is 7.09. The highest BCUT2D eigenvalue weighted by Gasteiger charge is 2.19. The summed E-state index contributed by atoms with van der Waals surface area (Å²) in [6.07, 6.45) is 0. The maximum absolute atomic E-state index is 12.1. The Morgan fingerprint density at radius 3 is 2.59 bits per heavy atom. The van der Waals surface area contributed by atoms with Gasteiger partial charge in [0, 0.05) is 23.4 Å². The summed E-state index contributed by atoms with van der Waals surface area (Å²) in [6.45, 7) is 3.75. The number of benzene rings is 1. The van der Waals surface area contributed by atoms with Crippen molar-refractivity contribution in [3.05, 3.63) is 70.1 Å². The highest BCUT2D eigenvalue weighted by atomic mass is 16.5.